The number of carbonyl (C=O) groups excluding carboxylic acids is 2. The third-order valence-corrected chi connectivity index (χ3v) is 5.70. The Morgan fingerprint density at radius 1 is 1.14 bits per heavy atom. The molecule has 6 nitrogen and oxygen atoms in total. The first-order valence-corrected chi connectivity index (χ1v) is 10.9. The van der Waals surface area contributed by atoms with Gasteiger partial charge in [-0.1, -0.05) is 32.0 Å². The highest BCUT2D eigenvalue weighted by molar-refractivity contribution is 7.12. The minimum atomic E-state index is -0.0833. The zero-order chi connectivity index (χ0) is 21.1. The second-order valence-corrected chi connectivity index (χ2v) is 7.60. The van der Waals surface area contributed by atoms with Crippen molar-refractivity contribution in [3.63, 3.8) is 0 Å². The second kappa shape index (κ2) is 12.2. The molecular weight excluding hydrogens is 386 g/mol. The number of rotatable bonds is 12. The molecule has 0 aliphatic rings. The van der Waals surface area contributed by atoms with Crippen LogP contribution in [0.3, 0.4) is 0 Å². The second-order valence-electron chi connectivity index (χ2n) is 6.65. The van der Waals surface area contributed by atoms with Gasteiger partial charge in [0.05, 0.1) is 18.0 Å². The predicted octanol–water partition coefficient (Wildman–Crippen LogP) is 3.47. The van der Waals surface area contributed by atoms with Crippen LogP contribution < -0.4 is 15.4 Å². The minimum absolute atomic E-state index is 0.00424. The Hall–Kier alpha value is -2.38. The third-order valence-electron chi connectivity index (χ3n) is 4.84. The molecule has 0 unspecified atom stereocenters. The highest BCUT2D eigenvalue weighted by Gasteiger charge is 2.19. The summed E-state index contributed by atoms with van der Waals surface area (Å²) in [6.07, 6.45) is 0.992. The Labute approximate surface area is 177 Å². The molecule has 1 aromatic heterocycles. The molecule has 0 bridgehead atoms. The number of nitrogens with zero attached hydrogens (tertiary/aromatic N) is 1. The van der Waals surface area contributed by atoms with Crippen molar-refractivity contribution in [1.29, 1.82) is 0 Å². The third kappa shape index (κ3) is 7.18. The van der Waals surface area contributed by atoms with Crippen LogP contribution in [-0.4, -0.2) is 50.0 Å². The zero-order valence-corrected chi connectivity index (χ0v) is 18.3. The summed E-state index contributed by atoms with van der Waals surface area (Å²) >= 11 is 1.41. The molecule has 1 heterocycles. The average Bonchev–Trinajstić information content (AvgIpc) is 3.29. The van der Waals surface area contributed by atoms with E-state index in [0.717, 1.165) is 24.4 Å². The van der Waals surface area contributed by atoms with Gasteiger partial charge in [0.15, 0.2) is 0 Å². The van der Waals surface area contributed by atoms with Gasteiger partial charge in [0.25, 0.3) is 5.91 Å². The summed E-state index contributed by atoms with van der Waals surface area (Å²) < 4.78 is 5.35. The number of nitrogens with one attached hydrogen (secondary N) is 2. The maximum absolute atomic E-state index is 12.3. The zero-order valence-electron chi connectivity index (χ0n) is 17.4. The number of hydrogen-bond donors (Lipinski definition) is 2. The molecule has 1 aromatic carbocycles. The van der Waals surface area contributed by atoms with Crippen LogP contribution in [0.5, 0.6) is 5.75 Å². The van der Waals surface area contributed by atoms with Crippen LogP contribution in [0.2, 0.25) is 0 Å². The Bertz CT molecular complexity index is 760. The summed E-state index contributed by atoms with van der Waals surface area (Å²) in [6.45, 7) is 7.05. The van der Waals surface area contributed by atoms with Crippen molar-refractivity contribution >= 4 is 23.2 Å². The molecule has 0 saturated carbocycles. The number of amides is 2. The number of carbonyl (C=O) groups is 2. The largest absolute Gasteiger partial charge is 0.497 e. The first-order valence-electron chi connectivity index (χ1n) is 10.0. The lowest BCUT2D eigenvalue weighted by atomic mass is 10.0. The van der Waals surface area contributed by atoms with Gasteiger partial charge < -0.3 is 15.4 Å². The smallest absolute Gasteiger partial charge is 0.261 e. The molecule has 7 heteroatoms. The lowest BCUT2D eigenvalue weighted by Gasteiger charge is -2.30. The summed E-state index contributed by atoms with van der Waals surface area (Å²) in [7, 11) is 1.66. The van der Waals surface area contributed by atoms with Crippen LogP contribution in [0.4, 0.5) is 0 Å². The van der Waals surface area contributed by atoms with E-state index < -0.39 is 0 Å². The lowest BCUT2D eigenvalue weighted by Crippen LogP contribution is -2.38. The molecule has 0 fully saturated rings. The standard InChI is InChI=1S/C22H31N3O3S/c1-4-25(5-2)19(17-9-6-10-18(15-17)28-3)16-24-21(26)12-7-13-23-22(27)20-11-8-14-29-20/h6,8-11,14-15,19H,4-5,7,12-13,16H2,1-3H3,(H,23,27)(H,24,26)/t19-/m0/s1. The van der Waals surface area contributed by atoms with Crippen molar-refractivity contribution in [1.82, 2.24) is 15.5 Å². The topological polar surface area (TPSA) is 70.7 Å². The van der Waals surface area contributed by atoms with Crippen LogP contribution in [-0.2, 0) is 4.79 Å². The Morgan fingerprint density at radius 3 is 2.59 bits per heavy atom. The fourth-order valence-corrected chi connectivity index (χ4v) is 3.86. The van der Waals surface area contributed by atoms with Crippen molar-refractivity contribution < 1.29 is 14.3 Å². The van der Waals surface area contributed by atoms with E-state index in [4.69, 9.17) is 4.74 Å². The first-order chi connectivity index (χ1) is 14.1. The SMILES string of the molecule is CCN(CC)[C@@H](CNC(=O)CCCNC(=O)c1cccs1)c1cccc(OC)c1. The van der Waals surface area contributed by atoms with E-state index in [2.05, 4.69) is 35.4 Å². The Balaban J connectivity index is 1.82. The van der Waals surface area contributed by atoms with Gasteiger partial charge in [0.2, 0.25) is 5.91 Å². The van der Waals surface area contributed by atoms with Crippen molar-refractivity contribution in [3.05, 3.63) is 52.2 Å². The summed E-state index contributed by atoms with van der Waals surface area (Å²) in [6, 6.07) is 11.7. The highest BCUT2D eigenvalue weighted by atomic mass is 32.1. The van der Waals surface area contributed by atoms with Gasteiger partial charge in [0.1, 0.15) is 5.75 Å². The Kier molecular flexibility index (Phi) is 9.67. The van der Waals surface area contributed by atoms with Gasteiger partial charge in [-0.25, -0.2) is 0 Å². The summed E-state index contributed by atoms with van der Waals surface area (Å²) in [5, 5.41) is 7.77. The van der Waals surface area contributed by atoms with Gasteiger partial charge in [0, 0.05) is 19.5 Å². The van der Waals surface area contributed by atoms with Crippen molar-refractivity contribution in [2.24, 2.45) is 0 Å². The fourth-order valence-electron chi connectivity index (χ4n) is 3.22. The molecule has 0 spiro atoms. The van der Waals surface area contributed by atoms with Crippen molar-refractivity contribution in [2.75, 3.05) is 33.3 Å². The molecule has 0 aliphatic heterocycles. The van der Waals surface area contributed by atoms with Crippen molar-refractivity contribution in [3.8, 4) is 5.75 Å². The molecule has 0 radical (unpaired) electrons. The van der Waals surface area contributed by atoms with Gasteiger partial charge in [-0.3, -0.25) is 14.5 Å². The molecule has 2 N–H and O–H groups in total. The van der Waals surface area contributed by atoms with Crippen LogP contribution in [0.1, 0.15) is 48.0 Å². The van der Waals surface area contributed by atoms with E-state index in [1.807, 2.05) is 29.6 Å². The van der Waals surface area contributed by atoms with E-state index in [-0.39, 0.29) is 17.9 Å². The molecule has 0 aliphatic carbocycles. The molecule has 2 rings (SSSR count). The number of ether oxygens (including phenoxy) is 1. The number of hydrogen-bond acceptors (Lipinski definition) is 5. The monoisotopic (exact) mass is 417 g/mol. The number of methoxy groups -OCH3 is 1. The quantitative estimate of drug-likeness (QED) is 0.519. The van der Waals surface area contributed by atoms with Crippen LogP contribution in [0.25, 0.3) is 0 Å². The molecular formula is C22H31N3O3S. The molecule has 2 aromatic rings. The van der Waals surface area contributed by atoms with Gasteiger partial charge in [-0.15, -0.1) is 11.3 Å². The Morgan fingerprint density at radius 2 is 1.93 bits per heavy atom. The normalized spacial score (nSPS) is 11.9. The number of benzene rings is 1. The molecule has 29 heavy (non-hydrogen) atoms. The molecule has 0 saturated heterocycles. The van der Waals surface area contributed by atoms with Gasteiger partial charge >= 0.3 is 0 Å². The van der Waals surface area contributed by atoms with Gasteiger partial charge in [-0.05, 0) is 48.7 Å². The number of thiophene rings is 1. The molecule has 2 amide bonds. The minimum Gasteiger partial charge on any atom is -0.497 e. The summed E-state index contributed by atoms with van der Waals surface area (Å²) in [4.78, 5) is 27.2. The van der Waals surface area contributed by atoms with Gasteiger partial charge in [-0.2, -0.15) is 0 Å². The van der Waals surface area contributed by atoms with Crippen LogP contribution >= 0.6 is 11.3 Å². The summed E-state index contributed by atoms with van der Waals surface area (Å²) in [5.41, 5.74) is 1.12. The van der Waals surface area contributed by atoms with E-state index in [9.17, 15) is 9.59 Å². The van der Waals surface area contributed by atoms with E-state index in [0.29, 0.717) is 30.8 Å². The van der Waals surface area contributed by atoms with Crippen LogP contribution in [0, 0.1) is 0 Å². The van der Waals surface area contributed by atoms with Crippen molar-refractivity contribution in [2.45, 2.75) is 32.7 Å². The average molecular weight is 418 g/mol. The first kappa shape index (κ1) is 22.9. The van der Waals surface area contributed by atoms with E-state index in [1.165, 1.54) is 11.3 Å². The maximum atomic E-state index is 12.3. The van der Waals surface area contributed by atoms with Crippen LogP contribution in [0.15, 0.2) is 41.8 Å². The molecule has 1 atom stereocenters. The number of likely N-dealkylation sites (N-methyl/N-ethyl adjacent to an activating group) is 1. The highest BCUT2D eigenvalue weighted by Crippen LogP contribution is 2.23. The fraction of sp³-hybridized carbons (Fsp3) is 0.455. The predicted molar refractivity (Wildman–Crippen MR) is 118 cm³/mol. The molecule has 158 valence electrons. The maximum Gasteiger partial charge on any atom is 0.261 e. The summed E-state index contributed by atoms with van der Waals surface area (Å²) in [5.74, 6) is 0.725. The lowest BCUT2D eigenvalue weighted by molar-refractivity contribution is -0.121. The van der Waals surface area contributed by atoms with E-state index in [1.54, 1.807) is 13.2 Å². The van der Waals surface area contributed by atoms with E-state index >= 15 is 0 Å².